The number of nitrogens with two attached hydrogens (primary N) is 1. The highest BCUT2D eigenvalue weighted by Gasteiger charge is 2.36. The van der Waals surface area contributed by atoms with Crippen LogP contribution in [0.15, 0.2) is 18.2 Å². The maximum Gasteiger partial charge on any atom is 0.418 e. The van der Waals surface area contributed by atoms with Crippen molar-refractivity contribution >= 4 is 17.6 Å². The summed E-state index contributed by atoms with van der Waals surface area (Å²) in [6, 6.07) is 0.991. The summed E-state index contributed by atoms with van der Waals surface area (Å²) in [4.78, 5) is 18.2. The number of hydrogen-bond donors (Lipinski definition) is 4. The third-order valence-corrected chi connectivity index (χ3v) is 1.99. The molecule has 0 spiro atoms. The Labute approximate surface area is 118 Å². The summed E-state index contributed by atoms with van der Waals surface area (Å²) in [7, 11) is 0. The number of carbonyl (C=O) groups is 2. The van der Waals surface area contributed by atoms with Crippen LogP contribution in [0.25, 0.3) is 0 Å². The molecule has 0 saturated heterocycles. The van der Waals surface area contributed by atoms with E-state index >= 15 is 0 Å². The second-order valence-electron chi connectivity index (χ2n) is 3.51. The van der Waals surface area contributed by atoms with Crippen LogP contribution in [0, 0.1) is 0 Å². The van der Waals surface area contributed by atoms with E-state index in [-0.39, 0.29) is 0 Å². The molecule has 0 atom stereocenters. The van der Waals surface area contributed by atoms with Gasteiger partial charge in [-0.3, -0.25) is 5.84 Å². The van der Waals surface area contributed by atoms with Gasteiger partial charge in [0, 0.05) is 0 Å². The monoisotopic (exact) mass is 334 g/mol. The van der Waals surface area contributed by atoms with Crippen LogP contribution in [0.2, 0.25) is 0 Å². The van der Waals surface area contributed by atoms with Crippen LogP contribution in [0.1, 0.15) is 11.1 Å². The van der Waals surface area contributed by atoms with Crippen molar-refractivity contribution in [3.8, 4) is 0 Å². The number of rotatable bonds is 1. The number of halogens is 6. The van der Waals surface area contributed by atoms with E-state index < -0.39 is 41.1 Å². The van der Waals surface area contributed by atoms with Gasteiger partial charge in [0.2, 0.25) is 0 Å². The molecule has 0 saturated carbocycles. The van der Waals surface area contributed by atoms with E-state index in [0.717, 1.165) is 0 Å². The van der Waals surface area contributed by atoms with Crippen molar-refractivity contribution < 1.29 is 46.1 Å². The summed E-state index contributed by atoms with van der Waals surface area (Å²) in [6.07, 6.45) is -9.47. The molecular weight excluding hydrogens is 326 g/mol. The van der Waals surface area contributed by atoms with E-state index in [1.165, 1.54) is 0 Å². The van der Waals surface area contributed by atoms with Crippen LogP contribution < -0.4 is 11.3 Å². The summed E-state index contributed by atoms with van der Waals surface area (Å²) in [5, 5.41) is 14.8. The lowest BCUT2D eigenvalue weighted by atomic mass is 10.1. The second-order valence-corrected chi connectivity index (χ2v) is 3.51. The standard InChI is InChI=1S/C8H6F6N2.C2H2O4/c9-7(10,11)4-1-2-5(8(12,13)14)6(3-4)16-15;3-1(4)2(5)6/h1-3,16H,15H2;(H,3,4)(H,5,6). The van der Waals surface area contributed by atoms with E-state index in [1.54, 1.807) is 5.43 Å². The maximum atomic E-state index is 12.3. The molecule has 1 aromatic carbocycles. The molecule has 0 fully saturated rings. The third kappa shape index (κ3) is 5.87. The van der Waals surface area contributed by atoms with E-state index in [2.05, 4.69) is 0 Å². The fourth-order valence-electron chi connectivity index (χ4n) is 1.09. The Balaban J connectivity index is 0.000000626. The van der Waals surface area contributed by atoms with Gasteiger partial charge in [0.1, 0.15) is 0 Å². The Morgan fingerprint density at radius 3 is 1.68 bits per heavy atom. The minimum atomic E-state index is -4.76. The zero-order valence-electron chi connectivity index (χ0n) is 10.3. The summed E-state index contributed by atoms with van der Waals surface area (Å²) in [6.45, 7) is 0. The molecule has 0 radical (unpaired) electrons. The largest absolute Gasteiger partial charge is 0.473 e. The molecule has 6 nitrogen and oxygen atoms in total. The van der Waals surface area contributed by atoms with Gasteiger partial charge >= 0.3 is 24.3 Å². The van der Waals surface area contributed by atoms with E-state index in [1.807, 2.05) is 0 Å². The van der Waals surface area contributed by atoms with Crippen molar-refractivity contribution in [2.75, 3.05) is 5.43 Å². The quantitative estimate of drug-likeness (QED) is 0.271. The number of nitrogens with one attached hydrogen (secondary N) is 1. The lowest BCUT2D eigenvalue weighted by Gasteiger charge is -2.14. The predicted molar refractivity (Wildman–Crippen MR) is 59.5 cm³/mol. The molecule has 0 aliphatic rings. The number of hydrazine groups is 1. The Kier molecular flexibility index (Phi) is 6.18. The smallest absolute Gasteiger partial charge is 0.418 e. The topological polar surface area (TPSA) is 113 Å². The van der Waals surface area contributed by atoms with Crippen LogP contribution >= 0.6 is 0 Å². The number of carboxylic acids is 2. The van der Waals surface area contributed by atoms with Gasteiger partial charge in [-0.1, -0.05) is 0 Å². The number of benzene rings is 1. The van der Waals surface area contributed by atoms with E-state index in [9.17, 15) is 26.3 Å². The summed E-state index contributed by atoms with van der Waals surface area (Å²) < 4.78 is 73.4. The molecule has 0 aliphatic heterocycles. The fraction of sp³-hybridized carbons (Fsp3) is 0.200. The van der Waals surface area contributed by atoms with Gasteiger partial charge in [0.05, 0.1) is 16.8 Å². The Bertz CT molecular complexity index is 543. The number of nitrogen functional groups attached to an aromatic ring is 1. The first-order valence-corrected chi connectivity index (χ1v) is 5.02. The highest BCUT2D eigenvalue weighted by molar-refractivity contribution is 6.27. The molecule has 0 unspecified atom stereocenters. The van der Waals surface area contributed by atoms with Gasteiger partial charge in [0.25, 0.3) is 0 Å². The number of hydrogen-bond acceptors (Lipinski definition) is 4. The Hall–Kier alpha value is -2.50. The number of carboxylic acid groups (broad SMARTS) is 2. The average Bonchev–Trinajstić information content (AvgIpc) is 2.36. The first-order valence-electron chi connectivity index (χ1n) is 5.02. The van der Waals surface area contributed by atoms with Crippen molar-refractivity contribution in [3.63, 3.8) is 0 Å². The fourth-order valence-corrected chi connectivity index (χ4v) is 1.09. The molecule has 12 heteroatoms. The second kappa shape index (κ2) is 6.98. The lowest BCUT2D eigenvalue weighted by molar-refractivity contribution is -0.159. The van der Waals surface area contributed by atoms with Gasteiger partial charge in [-0.2, -0.15) is 26.3 Å². The van der Waals surface area contributed by atoms with Crippen LogP contribution in [0.3, 0.4) is 0 Å². The predicted octanol–water partition coefficient (Wildman–Crippen LogP) is 2.17. The first kappa shape index (κ1) is 19.5. The normalized spacial score (nSPS) is 11.2. The van der Waals surface area contributed by atoms with Gasteiger partial charge < -0.3 is 15.6 Å². The molecule has 0 aliphatic carbocycles. The van der Waals surface area contributed by atoms with Crippen molar-refractivity contribution in [2.45, 2.75) is 12.4 Å². The van der Waals surface area contributed by atoms with Crippen LogP contribution in [-0.2, 0) is 21.9 Å². The summed E-state index contributed by atoms with van der Waals surface area (Å²) in [5.74, 6) is 1.09. The first-order chi connectivity index (χ1) is 9.80. The third-order valence-electron chi connectivity index (χ3n) is 1.99. The molecule has 5 N–H and O–H groups in total. The van der Waals surface area contributed by atoms with Gasteiger partial charge in [-0.25, -0.2) is 9.59 Å². The van der Waals surface area contributed by atoms with Crippen molar-refractivity contribution in [3.05, 3.63) is 29.3 Å². The van der Waals surface area contributed by atoms with Crippen LogP contribution in [0.5, 0.6) is 0 Å². The highest BCUT2D eigenvalue weighted by atomic mass is 19.4. The van der Waals surface area contributed by atoms with Crippen LogP contribution in [0.4, 0.5) is 32.0 Å². The van der Waals surface area contributed by atoms with Gasteiger partial charge in [-0.05, 0) is 18.2 Å². The minimum absolute atomic E-state index is 0.308. The summed E-state index contributed by atoms with van der Waals surface area (Å²) >= 11 is 0. The zero-order chi connectivity index (χ0) is 17.7. The molecule has 0 amide bonds. The van der Waals surface area contributed by atoms with E-state index in [0.29, 0.717) is 18.2 Å². The Morgan fingerprint density at radius 1 is 0.955 bits per heavy atom. The molecule has 1 rings (SSSR count). The molecule has 1 aromatic rings. The van der Waals surface area contributed by atoms with Crippen molar-refractivity contribution in [1.82, 2.24) is 0 Å². The number of aliphatic carboxylic acids is 2. The lowest BCUT2D eigenvalue weighted by Crippen LogP contribution is -2.16. The van der Waals surface area contributed by atoms with Crippen LogP contribution in [-0.4, -0.2) is 22.2 Å². The van der Waals surface area contributed by atoms with Crippen molar-refractivity contribution in [1.29, 1.82) is 0 Å². The van der Waals surface area contributed by atoms with Gasteiger partial charge in [0.15, 0.2) is 0 Å². The molecular formula is C10H8F6N2O4. The molecule has 22 heavy (non-hydrogen) atoms. The Morgan fingerprint density at radius 2 is 1.41 bits per heavy atom. The molecule has 0 bridgehead atoms. The molecule has 0 heterocycles. The van der Waals surface area contributed by atoms with E-state index in [4.69, 9.17) is 25.6 Å². The highest BCUT2D eigenvalue weighted by Crippen LogP contribution is 2.38. The maximum absolute atomic E-state index is 12.3. The average molecular weight is 334 g/mol. The zero-order valence-corrected chi connectivity index (χ0v) is 10.3. The molecule has 0 aromatic heterocycles. The number of anilines is 1. The van der Waals surface area contributed by atoms with Crippen molar-refractivity contribution in [2.24, 2.45) is 5.84 Å². The van der Waals surface area contributed by atoms with Gasteiger partial charge in [-0.15, -0.1) is 0 Å². The summed E-state index contributed by atoms with van der Waals surface area (Å²) in [5.41, 5.74) is -1.67. The minimum Gasteiger partial charge on any atom is -0.473 e. The number of alkyl halides is 6. The molecule has 124 valence electrons. The SMILES string of the molecule is NNc1cc(C(F)(F)F)ccc1C(F)(F)F.O=C(O)C(=O)O.